The molecule has 3 rings (SSSR count). The second-order valence-electron chi connectivity index (χ2n) is 5.96. The van der Waals surface area contributed by atoms with Crippen molar-refractivity contribution in [1.29, 1.82) is 0 Å². The van der Waals surface area contributed by atoms with Gasteiger partial charge in [0, 0.05) is 18.0 Å². The molecule has 0 atom stereocenters. The average molecular weight is 329 g/mol. The van der Waals surface area contributed by atoms with E-state index < -0.39 is 0 Å². The molecule has 0 spiro atoms. The van der Waals surface area contributed by atoms with Crippen molar-refractivity contribution >= 4 is 29.7 Å². The number of nitrogens with one attached hydrogen (secondary N) is 1. The van der Waals surface area contributed by atoms with E-state index in [1.165, 1.54) is 29.7 Å². The Kier molecular flexibility index (Phi) is 6.08. The third-order valence-electron chi connectivity index (χ3n) is 4.54. The number of halogens is 1. The van der Waals surface area contributed by atoms with Crippen LogP contribution in [0, 0.1) is 5.92 Å². The average Bonchev–Trinajstić information content (AvgIpc) is 3.06. The van der Waals surface area contributed by atoms with E-state index in [1.54, 1.807) is 11.3 Å². The van der Waals surface area contributed by atoms with Crippen molar-refractivity contribution in [3.8, 4) is 0 Å². The summed E-state index contributed by atoms with van der Waals surface area (Å²) in [6, 6.07) is 2.15. The number of likely N-dealkylation sites (tertiary alicyclic amines) is 1. The van der Waals surface area contributed by atoms with Gasteiger partial charge in [0.25, 0.3) is 5.91 Å². The van der Waals surface area contributed by atoms with Crippen LogP contribution in [0.2, 0.25) is 0 Å². The van der Waals surface area contributed by atoms with Crippen molar-refractivity contribution in [2.75, 3.05) is 26.2 Å². The highest BCUT2D eigenvalue weighted by Crippen LogP contribution is 2.31. The molecule has 1 saturated heterocycles. The Morgan fingerprint density at radius 2 is 2.14 bits per heavy atom. The molecule has 2 heterocycles. The number of nitrogens with zero attached hydrogens (tertiary/aromatic N) is 1. The van der Waals surface area contributed by atoms with Gasteiger partial charge in [0.15, 0.2) is 0 Å². The fourth-order valence-corrected chi connectivity index (χ4v) is 4.50. The standard InChI is InChI=1S/C16H24N2OS.ClH/c1-2-17-11-12-6-8-18(9-7-12)16(19)15-10-13-4-3-5-14(13)20-15;/h10,12,17H,2-9,11H2,1H3;1H. The van der Waals surface area contributed by atoms with Gasteiger partial charge < -0.3 is 10.2 Å². The molecule has 1 aromatic rings. The zero-order chi connectivity index (χ0) is 13.9. The number of fused-ring (bicyclic) bond motifs is 1. The second kappa shape index (κ2) is 7.61. The van der Waals surface area contributed by atoms with Crippen molar-refractivity contribution in [3.05, 3.63) is 21.4 Å². The van der Waals surface area contributed by atoms with E-state index >= 15 is 0 Å². The molecule has 2 aliphatic rings. The fraction of sp³-hybridized carbons (Fsp3) is 0.688. The first-order chi connectivity index (χ1) is 9.78. The molecule has 118 valence electrons. The third-order valence-corrected chi connectivity index (χ3v) is 5.77. The zero-order valence-electron chi connectivity index (χ0n) is 12.7. The Morgan fingerprint density at radius 3 is 2.81 bits per heavy atom. The largest absolute Gasteiger partial charge is 0.338 e. The fourth-order valence-electron chi connectivity index (χ4n) is 3.28. The Labute approximate surface area is 137 Å². The Morgan fingerprint density at radius 1 is 1.38 bits per heavy atom. The third kappa shape index (κ3) is 3.79. The lowest BCUT2D eigenvalue weighted by Gasteiger charge is -2.31. The molecule has 0 bridgehead atoms. The molecule has 1 aliphatic heterocycles. The topological polar surface area (TPSA) is 32.3 Å². The summed E-state index contributed by atoms with van der Waals surface area (Å²) in [6.07, 6.45) is 5.90. The number of aryl methyl sites for hydroxylation is 2. The van der Waals surface area contributed by atoms with Gasteiger partial charge in [-0.3, -0.25) is 4.79 Å². The van der Waals surface area contributed by atoms with Gasteiger partial charge in [0.2, 0.25) is 0 Å². The molecule has 3 nitrogen and oxygen atoms in total. The molecule has 0 radical (unpaired) electrons. The molecule has 0 unspecified atom stereocenters. The van der Waals surface area contributed by atoms with Crippen LogP contribution < -0.4 is 5.32 Å². The number of piperidine rings is 1. The predicted octanol–water partition coefficient (Wildman–Crippen LogP) is 3.12. The van der Waals surface area contributed by atoms with Crippen LogP contribution in [0.3, 0.4) is 0 Å². The molecule has 1 aliphatic carbocycles. The van der Waals surface area contributed by atoms with Gasteiger partial charge in [0.1, 0.15) is 0 Å². The summed E-state index contributed by atoms with van der Waals surface area (Å²) in [5.74, 6) is 1.01. The number of carbonyl (C=O) groups excluding carboxylic acids is 1. The second-order valence-corrected chi connectivity index (χ2v) is 7.09. The number of amides is 1. The maximum Gasteiger partial charge on any atom is 0.263 e. The SMILES string of the molecule is CCNCC1CCN(C(=O)c2cc3c(s2)CCC3)CC1.Cl. The molecule has 1 N–H and O–H groups in total. The smallest absolute Gasteiger partial charge is 0.263 e. The highest BCUT2D eigenvalue weighted by atomic mass is 35.5. The minimum atomic E-state index is 0. The van der Waals surface area contributed by atoms with Gasteiger partial charge >= 0.3 is 0 Å². The van der Waals surface area contributed by atoms with Crippen LogP contribution in [0.1, 0.15) is 46.3 Å². The normalized spacial score (nSPS) is 18.4. The van der Waals surface area contributed by atoms with E-state index in [4.69, 9.17) is 0 Å². The number of carbonyl (C=O) groups is 1. The lowest BCUT2D eigenvalue weighted by Crippen LogP contribution is -2.40. The number of hydrogen-bond donors (Lipinski definition) is 1. The van der Waals surface area contributed by atoms with E-state index in [1.807, 2.05) is 0 Å². The Bertz CT molecular complexity index is 459. The summed E-state index contributed by atoms with van der Waals surface area (Å²) in [5, 5.41) is 3.42. The van der Waals surface area contributed by atoms with Gasteiger partial charge in [-0.15, -0.1) is 23.7 Å². The molecule has 0 saturated carbocycles. The summed E-state index contributed by atoms with van der Waals surface area (Å²) < 4.78 is 0. The van der Waals surface area contributed by atoms with Crippen molar-refractivity contribution in [3.63, 3.8) is 0 Å². The summed E-state index contributed by atoms with van der Waals surface area (Å²) in [6.45, 7) is 6.15. The van der Waals surface area contributed by atoms with Gasteiger partial charge in [-0.2, -0.15) is 0 Å². The Balaban J connectivity index is 0.00000161. The van der Waals surface area contributed by atoms with E-state index in [-0.39, 0.29) is 18.3 Å². The summed E-state index contributed by atoms with van der Waals surface area (Å²) in [5.41, 5.74) is 1.43. The maximum absolute atomic E-state index is 12.5. The van der Waals surface area contributed by atoms with Gasteiger partial charge in [-0.1, -0.05) is 6.92 Å². The maximum atomic E-state index is 12.5. The highest BCUT2D eigenvalue weighted by molar-refractivity contribution is 7.14. The summed E-state index contributed by atoms with van der Waals surface area (Å²) >= 11 is 1.73. The Hall–Kier alpha value is -0.580. The quantitative estimate of drug-likeness (QED) is 0.921. The van der Waals surface area contributed by atoms with Crippen molar-refractivity contribution < 1.29 is 4.79 Å². The molecular formula is C16H25ClN2OS. The van der Waals surface area contributed by atoms with Crippen LogP contribution in [0.4, 0.5) is 0 Å². The highest BCUT2D eigenvalue weighted by Gasteiger charge is 2.26. The van der Waals surface area contributed by atoms with Crippen molar-refractivity contribution in [2.45, 2.75) is 39.0 Å². The van der Waals surface area contributed by atoms with Crippen LogP contribution in [0.5, 0.6) is 0 Å². The summed E-state index contributed by atoms with van der Waals surface area (Å²) in [7, 11) is 0. The molecule has 1 fully saturated rings. The van der Waals surface area contributed by atoms with Crippen LogP contribution in [0.25, 0.3) is 0 Å². The van der Waals surface area contributed by atoms with Gasteiger partial charge in [-0.25, -0.2) is 0 Å². The number of hydrogen-bond acceptors (Lipinski definition) is 3. The molecule has 0 aromatic carbocycles. The minimum Gasteiger partial charge on any atom is -0.338 e. The first kappa shape index (κ1) is 16.8. The number of rotatable bonds is 4. The van der Waals surface area contributed by atoms with Crippen molar-refractivity contribution in [2.24, 2.45) is 5.92 Å². The molecule has 5 heteroatoms. The minimum absolute atomic E-state index is 0. The van der Waals surface area contributed by atoms with Gasteiger partial charge in [0.05, 0.1) is 4.88 Å². The first-order valence-corrected chi connectivity index (χ1v) is 8.71. The molecule has 1 amide bonds. The lowest BCUT2D eigenvalue weighted by molar-refractivity contribution is 0.0695. The summed E-state index contributed by atoms with van der Waals surface area (Å²) in [4.78, 5) is 17.0. The van der Waals surface area contributed by atoms with Crippen LogP contribution in [-0.2, 0) is 12.8 Å². The molecule has 1 aromatic heterocycles. The van der Waals surface area contributed by atoms with E-state index in [0.717, 1.165) is 49.8 Å². The molecular weight excluding hydrogens is 304 g/mol. The first-order valence-electron chi connectivity index (χ1n) is 7.89. The van der Waals surface area contributed by atoms with Gasteiger partial charge in [-0.05, 0) is 62.7 Å². The van der Waals surface area contributed by atoms with E-state index in [0.29, 0.717) is 0 Å². The zero-order valence-corrected chi connectivity index (χ0v) is 14.3. The number of thiophene rings is 1. The molecule has 21 heavy (non-hydrogen) atoms. The van der Waals surface area contributed by atoms with E-state index in [9.17, 15) is 4.79 Å². The lowest BCUT2D eigenvalue weighted by atomic mass is 9.96. The van der Waals surface area contributed by atoms with E-state index in [2.05, 4.69) is 23.2 Å². The monoisotopic (exact) mass is 328 g/mol. The van der Waals surface area contributed by atoms with Crippen LogP contribution in [0.15, 0.2) is 6.07 Å². The van der Waals surface area contributed by atoms with Crippen LogP contribution in [-0.4, -0.2) is 37.0 Å². The van der Waals surface area contributed by atoms with Crippen LogP contribution >= 0.6 is 23.7 Å². The van der Waals surface area contributed by atoms with Crippen molar-refractivity contribution in [1.82, 2.24) is 10.2 Å². The predicted molar refractivity (Wildman–Crippen MR) is 90.8 cm³/mol.